The molecule has 1 aromatic carbocycles. The Balaban J connectivity index is 1.51. The Bertz CT molecular complexity index is 759. The smallest absolute Gasteiger partial charge is 0.325 e. The van der Waals surface area contributed by atoms with E-state index < -0.39 is 5.54 Å². The summed E-state index contributed by atoms with van der Waals surface area (Å²) in [4.78, 5) is 27.3. The normalized spacial score (nSPS) is 30.1. The molecule has 0 aromatic heterocycles. The molecule has 6 nitrogen and oxygen atoms in total. The van der Waals surface area contributed by atoms with Crippen molar-refractivity contribution in [2.45, 2.75) is 58.0 Å². The highest BCUT2D eigenvalue weighted by Crippen LogP contribution is 2.39. The van der Waals surface area contributed by atoms with Crippen LogP contribution in [0, 0.1) is 18.8 Å². The SMILES string of the molecule is Cc1ccc(CN2C(=O)NC3(CCCCC3C)C2=O)c(OCC2CCOC2)c1. The summed E-state index contributed by atoms with van der Waals surface area (Å²) in [6.07, 6.45) is 4.81. The van der Waals surface area contributed by atoms with E-state index in [-0.39, 0.29) is 24.4 Å². The van der Waals surface area contributed by atoms with E-state index >= 15 is 0 Å². The molecular weight excluding hydrogens is 356 g/mol. The third-order valence-corrected chi connectivity index (χ3v) is 6.55. The van der Waals surface area contributed by atoms with Gasteiger partial charge in [0, 0.05) is 18.1 Å². The first-order chi connectivity index (χ1) is 13.5. The Hall–Kier alpha value is -2.08. The van der Waals surface area contributed by atoms with E-state index in [1.807, 2.05) is 25.1 Å². The average molecular weight is 386 g/mol. The molecule has 1 aliphatic carbocycles. The zero-order valence-electron chi connectivity index (χ0n) is 16.8. The molecule has 2 heterocycles. The summed E-state index contributed by atoms with van der Waals surface area (Å²) in [6, 6.07) is 5.67. The fourth-order valence-electron chi connectivity index (χ4n) is 4.66. The van der Waals surface area contributed by atoms with Crippen molar-refractivity contribution in [3.63, 3.8) is 0 Å². The third-order valence-electron chi connectivity index (χ3n) is 6.55. The molecule has 152 valence electrons. The molecule has 3 unspecified atom stereocenters. The Labute approximate surface area is 166 Å². The summed E-state index contributed by atoms with van der Waals surface area (Å²) in [7, 11) is 0. The topological polar surface area (TPSA) is 67.9 Å². The third kappa shape index (κ3) is 3.50. The Kier molecular flexibility index (Phi) is 5.32. The minimum atomic E-state index is -0.720. The molecule has 3 amide bonds. The Morgan fingerprint density at radius 1 is 1.29 bits per heavy atom. The van der Waals surface area contributed by atoms with Crippen molar-refractivity contribution < 1.29 is 19.1 Å². The van der Waals surface area contributed by atoms with Gasteiger partial charge in [-0.15, -0.1) is 0 Å². The number of nitrogens with zero attached hydrogens (tertiary/aromatic N) is 1. The van der Waals surface area contributed by atoms with E-state index in [0.29, 0.717) is 12.5 Å². The largest absolute Gasteiger partial charge is 0.493 e. The van der Waals surface area contributed by atoms with Crippen LogP contribution in [0.15, 0.2) is 18.2 Å². The van der Waals surface area contributed by atoms with Gasteiger partial charge >= 0.3 is 6.03 Å². The quantitative estimate of drug-likeness (QED) is 0.788. The summed E-state index contributed by atoms with van der Waals surface area (Å²) in [5.41, 5.74) is 1.24. The number of carbonyl (C=O) groups is 2. The lowest BCUT2D eigenvalue weighted by Gasteiger charge is -2.36. The zero-order chi connectivity index (χ0) is 19.7. The lowest BCUT2D eigenvalue weighted by molar-refractivity contribution is -0.134. The maximum atomic E-state index is 13.2. The van der Waals surface area contributed by atoms with E-state index in [0.717, 1.165) is 62.2 Å². The maximum absolute atomic E-state index is 13.2. The second-order valence-corrected chi connectivity index (χ2v) is 8.59. The van der Waals surface area contributed by atoms with Crippen LogP contribution in [-0.2, 0) is 16.1 Å². The molecule has 1 N–H and O–H groups in total. The molecule has 3 fully saturated rings. The van der Waals surface area contributed by atoms with Crippen molar-refractivity contribution in [2.75, 3.05) is 19.8 Å². The van der Waals surface area contributed by atoms with Crippen LogP contribution in [-0.4, -0.2) is 42.2 Å². The number of urea groups is 1. The lowest BCUT2D eigenvalue weighted by atomic mass is 9.73. The first-order valence-electron chi connectivity index (χ1n) is 10.4. The summed E-state index contributed by atoms with van der Waals surface area (Å²) < 4.78 is 11.5. The van der Waals surface area contributed by atoms with Gasteiger partial charge < -0.3 is 14.8 Å². The minimum absolute atomic E-state index is 0.0829. The highest BCUT2D eigenvalue weighted by atomic mass is 16.5. The van der Waals surface area contributed by atoms with Gasteiger partial charge in [0.2, 0.25) is 0 Å². The molecule has 1 aromatic rings. The monoisotopic (exact) mass is 386 g/mol. The van der Waals surface area contributed by atoms with Crippen LogP contribution in [0.3, 0.4) is 0 Å². The van der Waals surface area contributed by atoms with Gasteiger partial charge in [0.25, 0.3) is 5.91 Å². The van der Waals surface area contributed by atoms with Crippen molar-refractivity contribution in [3.05, 3.63) is 29.3 Å². The molecule has 1 saturated carbocycles. The van der Waals surface area contributed by atoms with Crippen LogP contribution in [0.25, 0.3) is 0 Å². The molecular formula is C22H30N2O4. The van der Waals surface area contributed by atoms with Gasteiger partial charge in [0.1, 0.15) is 11.3 Å². The molecule has 4 rings (SSSR count). The van der Waals surface area contributed by atoms with Crippen LogP contribution in [0.1, 0.15) is 50.2 Å². The zero-order valence-corrected chi connectivity index (χ0v) is 16.8. The van der Waals surface area contributed by atoms with Crippen LogP contribution in [0.5, 0.6) is 5.75 Å². The van der Waals surface area contributed by atoms with Gasteiger partial charge in [-0.2, -0.15) is 0 Å². The van der Waals surface area contributed by atoms with Gasteiger partial charge in [-0.05, 0) is 43.7 Å². The summed E-state index contributed by atoms with van der Waals surface area (Å²) in [6.45, 7) is 6.45. The van der Waals surface area contributed by atoms with Crippen LogP contribution in [0.2, 0.25) is 0 Å². The van der Waals surface area contributed by atoms with Crippen molar-refractivity contribution in [1.82, 2.24) is 10.2 Å². The Morgan fingerprint density at radius 3 is 2.89 bits per heavy atom. The number of hydrogen-bond acceptors (Lipinski definition) is 4. The Morgan fingerprint density at radius 2 is 2.14 bits per heavy atom. The molecule has 2 aliphatic heterocycles. The van der Waals surface area contributed by atoms with E-state index in [2.05, 4.69) is 12.2 Å². The van der Waals surface area contributed by atoms with Crippen LogP contribution in [0.4, 0.5) is 4.79 Å². The van der Waals surface area contributed by atoms with E-state index in [4.69, 9.17) is 9.47 Å². The van der Waals surface area contributed by atoms with Crippen LogP contribution < -0.4 is 10.1 Å². The van der Waals surface area contributed by atoms with Crippen molar-refractivity contribution >= 4 is 11.9 Å². The molecule has 6 heteroatoms. The number of amides is 3. The molecule has 3 aliphatic rings. The molecule has 0 radical (unpaired) electrons. The van der Waals surface area contributed by atoms with E-state index in [9.17, 15) is 9.59 Å². The molecule has 1 spiro atoms. The predicted octanol–water partition coefficient (Wildman–Crippen LogP) is 3.41. The molecule has 3 atom stereocenters. The van der Waals surface area contributed by atoms with Gasteiger partial charge in [-0.1, -0.05) is 31.9 Å². The van der Waals surface area contributed by atoms with Gasteiger partial charge in [-0.3, -0.25) is 9.69 Å². The second-order valence-electron chi connectivity index (χ2n) is 8.59. The number of carbonyl (C=O) groups excluding carboxylic acids is 2. The second kappa shape index (κ2) is 7.74. The molecule has 28 heavy (non-hydrogen) atoms. The minimum Gasteiger partial charge on any atom is -0.493 e. The first-order valence-corrected chi connectivity index (χ1v) is 10.4. The lowest BCUT2D eigenvalue weighted by Crippen LogP contribution is -2.53. The summed E-state index contributed by atoms with van der Waals surface area (Å²) >= 11 is 0. The number of benzene rings is 1. The van der Waals surface area contributed by atoms with E-state index in [1.165, 1.54) is 4.90 Å². The maximum Gasteiger partial charge on any atom is 0.325 e. The summed E-state index contributed by atoms with van der Waals surface area (Å²) in [5.74, 6) is 1.24. The predicted molar refractivity (Wildman–Crippen MR) is 105 cm³/mol. The van der Waals surface area contributed by atoms with Crippen molar-refractivity contribution in [2.24, 2.45) is 11.8 Å². The van der Waals surface area contributed by atoms with Gasteiger partial charge in [0.15, 0.2) is 0 Å². The highest BCUT2D eigenvalue weighted by Gasteiger charge is 2.54. The number of ether oxygens (including phenoxy) is 2. The number of rotatable bonds is 5. The highest BCUT2D eigenvalue weighted by molar-refractivity contribution is 6.07. The number of hydrogen-bond donors (Lipinski definition) is 1. The number of aryl methyl sites for hydroxylation is 1. The van der Waals surface area contributed by atoms with Gasteiger partial charge in [0.05, 0.1) is 19.8 Å². The van der Waals surface area contributed by atoms with Gasteiger partial charge in [-0.25, -0.2) is 4.79 Å². The fourth-order valence-corrected chi connectivity index (χ4v) is 4.66. The molecule has 2 saturated heterocycles. The summed E-state index contributed by atoms with van der Waals surface area (Å²) in [5, 5.41) is 3.03. The number of imide groups is 1. The first kappa shape index (κ1) is 19.2. The van der Waals surface area contributed by atoms with Crippen molar-refractivity contribution in [1.29, 1.82) is 0 Å². The fraction of sp³-hybridized carbons (Fsp3) is 0.636. The number of nitrogens with one attached hydrogen (secondary N) is 1. The van der Waals surface area contributed by atoms with Crippen LogP contribution >= 0.6 is 0 Å². The average Bonchev–Trinajstić information content (AvgIpc) is 3.27. The standard InChI is InChI=1S/C22H30N2O4/c1-15-6-7-18(19(11-15)28-14-17-8-10-27-13-17)12-24-20(25)22(23-21(24)26)9-4-3-5-16(22)2/h6-7,11,16-17H,3-5,8-10,12-14H2,1-2H3,(H,23,26). The van der Waals surface area contributed by atoms with E-state index in [1.54, 1.807) is 0 Å². The van der Waals surface area contributed by atoms with Crippen molar-refractivity contribution in [3.8, 4) is 5.75 Å². The molecule has 0 bridgehead atoms.